The SMILES string of the molecule is CC(C)(C)O.CC(C)(C)OC(=O)NCCCCCN1C(=O)C=CC1=O.CCl.Cl.NCCCCCC(=O)O.NCCCCCN1C(=O)C=CC1=O.O=C(O)CCCCCN1C(=O)C=CC1=O.O=C1C=CC(=O)O1. The molecule has 4 aliphatic rings. The second kappa shape index (κ2) is 42.8. The number of nitrogens with two attached hydrogens (primary N) is 2. The number of ether oxygens (including phenoxy) is 2. The molecule has 0 bridgehead atoms. The second-order valence-corrected chi connectivity index (χ2v) is 17.3. The maximum Gasteiger partial charge on any atom is 0.407 e. The van der Waals surface area contributed by atoms with Crippen LogP contribution in [0.3, 0.4) is 0 Å². The van der Waals surface area contributed by atoms with Gasteiger partial charge in [-0.3, -0.25) is 53.1 Å². The lowest BCUT2D eigenvalue weighted by atomic mass is 10.2. The Kier molecular flexibility index (Phi) is 43.3. The Balaban J connectivity index is -0.000000400. The number of nitrogens with one attached hydrogen (secondary N) is 1. The molecule has 4 rings (SSSR count). The van der Waals surface area contributed by atoms with Gasteiger partial charge in [0.05, 0.1) is 5.60 Å². The van der Waals surface area contributed by atoms with E-state index >= 15 is 0 Å². The predicted molar refractivity (Wildman–Crippen MR) is 271 cm³/mol. The van der Waals surface area contributed by atoms with E-state index in [9.17, 15) is 52.7 Å². The number of rotatable bonds is 22. The summed E-state index contributed by atoms with van der Waals surface area (Å²) in [5.74, 6) is -4.14. The Hall–Kier alpha value is -5.81. The van der Waals surface area contributed by atoms with Gasteiger partial charge >= 0.3 is 30.0 Å². The molecule has 0 radical (unpaired) electrons. The number of aliphatic hydroxyl groups is 1. The number of imide groups is 3. The average Bonchev–Trinajstić information content (AvgIpc) is 4.01. The van der Waals surface area contributed by atoms with Crippen molar-refractivity contribution in [2.24, 2.45) is 11.5 Å². The highest BCUT2D eigenvalue weighted by Gasteiger charge is 2.24. The van der Waals surface area contributed by atoms with Crippen LogP contribution >= 0.6 is 24.0 Å². The van der Waals surface area contributed by atoms with Gasteiger partial charge in [0.25, 0.3) is 35.4 Å². The molecular formula is C48H78Cl2N6O16. The van der Waals surface area contributed by atoms with Gasteiger partial charge in [-0.15, -0.1) is 24.0 Å². The van der Waals surface area contributed by atoms with Crippen LogP contribution in [0.1, 0.15) is 131 Å². The van der Waals surface area contributed by atoms with Crippen molar-refractivity contribution in [1.29, 1.82) is 0 Å². The topological polar surface area (TPSA) is 341 Å². The van der Waals surface area contributed by atoms with Crippen LogP contribution in [0.2, 0.25) is 0 Å². The molecule has 0 spiro atoms. The van der Waals surface area contributed by atoms with Gasteiger partial charge in [-0.2, -0.15) is 0 Å². The maximum atomic E-state index is 11.3. The van der Waals surface area contributed by atoms with Crippen LogP contribution in [0.4, 0.5) is 4.79 Å². The molecule has 4 heterocycles. The molecule has 8 N–H and O–H groups in total. The minimum Gasteiger partial charge on any atom is -0.481 e. The van der Waals surface area contributed by atoms with E-state index in [1.165, 1.54) is 57.5 Å². The average molecular weight is 1070 g/mol. The lowest BCUT2D eigenvalue weighted by molar-refractivity contribution is -0.150. The first-order chi connectivity index (χ1) is 33.2. The van der Waals surface area contributed by atoms with Gasteiger partial charge in [0.1, 0.15) is 5.60 Å². The summed E-state index contributed by atoms with van der Waals surface area (Å²) in [4.78, 5) is 122. The van der Waals surface area contributed by atoms with Crippen LogP contribution in [0, 0.1) is 0 Å². The van der Waals surface area contributed by atoms with Crippen molar-refractivity contribution in [2.75, 3.05) is 45.7 Å². The molecule has 0 fully saturated rings. The first kappa shape index (κ1) is 72.7. The number of hydrogen-bond donors (Lipinski definition) is 6. The normalized spacial score (nSPS) is 14.0. The lowest BCUT2D eigenvalue weighted by Gasteiger charge is -2.19. The van der Waals surface area contributed by atoms with E-state index in [-0.39, 0.29) is 60.7 Å². The van der Waals surface area contributed by atoms with Crippen LogP contribution in [0.15, 0.2) is 48.6 Å². The number of alkyl halides is 1. The van der Waals surface area contributed by atoms with Crippen LogP contribution in [0.5, 0.6) is 0 Å². The number of aliphatic carboxylic acids is 2. The number of cyclic esters (lactones) is 2. The zero-order valence-corrected chi connectivity index (χ0v) is 44.3. The highest BCUT2D eigenvalue weighted by atomic mass is 35.5. The molecule has 7 amide bonds. The summed E-state index contributed by atoms with van der Waals surface area (Å²) in [6, 6.07) is 0. The molecular weight excluding hydrogens is 987 g/mol. The summed E-state index contributed by atoms with van der Waals surface area (Å²) in [5, 5.41) is 27.7. The Morgan fingerprint density at radius 2 is 0.806 bits per heavy atom. The molecule has 0 aliphatic carbocycles. The molecule has 0 atom stereocenters. The van der Waals surface area contributed by atoms with E-state index in [0.29, 0.717) is 58.5 Å². The predicted octanol–water partition coefficient (Wildman–Crippen LogP) is 4.47. The molecule has 0 aromatic rings. The number of amides is 7. The highest BCUT2D eigenvalue weighted by molar-refractivity contribution is 6.15. The van der Waals surface area contributed by atoms with Crippen molar-refractivity contribution in [3.8, 4) is 0 Å². The zero-order valence-electron chi connectivity index (χ0n) is 42.7. The number of esters is 2. The van der Waals surface area contributed by atoms with Gasteiger partial charge in [0.15, 0.2) is 0 Å². The van der Waals surface area contributed by atoms with Gasteiger partial charge < -0.3 is 41.6 Å². The summed E-state index contributed by atoms with van der Waals surface area (Å²) in [6.07, 6.45) is 21.0. The molecule has 4 aliphatic heterocycles. The minimum atomic E-state index is -0.815. The Morgan fingerprint density at radius 3 is 1.06 bits per heavy atom. The van der Waals surface area contributed by atoms with E-state index in [1.54, 1.807) is 20.8 Å². The van der Waals surface area contributed by atoms with Gasteiger partial charge in [-0.1, -0.05) is 19.3 Å². The van der Waals surface area contributed by atoms with E-state index < -0.39 is 41.2 Å². The standard InChI is InChI=1S/C14H22N2O4.C10H13NO4.C9H14N2O2.C6H13NO2.C4H2O3.C4H10O.CH3Cl.ClH/c1-14(2,3)20-13(19)15-9-5-4-6-10-16-11(17)7-8-12(16)18;12-8-5-6-9(13)11(8)7-3-1-2-4-10(14)15;10-6-2-1-3-7-11-8(12)4-5-9(11)13;7-5-3-1-2-4-6(8)9;5-3-1-2-4(6)7-3;1-4(2,3)5;1-2;/h7-8H,4-6,9-10H2,1-3H3,(H,15,19);5-6H,1-4,7H2,(H,14,15);4-5H,1-3,6-7,10H2;1-5,7H2,(H,8,9);1-2H;5H,1-3H3;1H3;1H. The summed E-state index contributed by atoms with van der Waals surface area (Å²) >= 11 is 4.64. The maximum absolute atomic E-state index is 11.3. The van der Waals surface area contributed by atoms with Crippen molar-refractivity contribution < 1.29 is 77.5 Å². The first-order valence-corrected chi connectivity index (χ1v) is 23.9. The number of carbonyl (C=O) groups is 11. The molecule has 0 unspecified atom stereocenters. The molecule has 0 aromatic carbocycles. The van der Waals surface area contributed by atoms with Crippen molar-refractivity contribution >= 4 is 89.4 Å². The number of alkyl carbamates (subject to hydrolysis) is 1. The van der Waals surface area contributed by atoms with Gasteiger partial charge in [0, 0.05) is 94.0 Å². The summed E-state index contributed by atoms with van der Waals surface area (Å²) in [7, 11) is 0. The lowest BCUT2D eigenvalue weighted by Crippen LogP contribution is -2.33. The van der Waals surface area contributed by atoms with Crippen LogP contribution in [0.25, 0.3) is 0 Å². The van der Waals surface area contributed by atoms with E-state index in [4.69, 9.17) is 31.5 Å². The summed E-state index contributed by atoms with van der Waals surface area (Å²) < 4.78 is 9.07. The van der Waals surface area contributed by atoms with Gasteiger partial charge in [-0.05, 0) is 112 Å². The smallest absolute Gasteiger partial charge is 0.407 e. The molecule has 410 valence electrons. The molecule has 72 heavy (non-hydrogen) atoms. The zero-order chi connectivity index (χ0) is 55.0. The third kappa shape index (κ3) is 44.2. The largest absolute Gasteiger partial charge is 0.481 e. The third-order valence-electron chi connectivity index (χ3n) is 8.44. The Bertz CT molecular complexity index is 1770. The van der Waals surface area contributed by atoms with Crippen LogP contribution in [-0.4, -0.2) is 152 Å². The highest BCUT2D eigenvalue weighted by Crippen LogP contribution is 2.10. The number of nitrogens with zero attached hydrogens (tertiary/aromatic N) is 3. The fourth-order valence-electron chi connectivity index (χ4n) is 5.25. The fraction of sp³-hybridized carbons (Fsp3) is 0.604. The first-order valence-electron chi connectivity index (χ1n) is 23.2. The van der Waals surface area contributed by atoms with E-state index in [2.05, 4.69) is 21.7 Å². The number of halogens is 2. The Morgan fingerprint density at radius 1 is 0.528 bits per heavy atom. The number of carbonyl (C=O) groups excluding carboxylic acids is 9. The van der Waals surface area contributed by atoms with Crippen molar-refractivity contribution in [3.63, 3.8) is 0 Å². The Labute approximate surface area is 433 Å². The second-order valence-electron chi connectivity index (χ2n) is 17.3. The molecule has 0 aromatic heterocycles. The number of carboxylic acids is 2. The summed E-state index contributed by atoms with van der Waals surface area (Å²) in [6.45, 7) is 13.8. The van der Waals surface area contributed by atoms with E-state index in [0.717, 1.165) is 69.9 Å². The van der Waals surface area contributed by atoms with Crippen molar-refractivity contribution in [1.82, 2.24) is 20.0 Å². The fourth-order valence-corrected chi connectivity index (χ4v) is 5.25. The molecule has 22 nitrogen and oxygen atoms in total. The molecule has 0 saturated heterocycles. The van der Waals surface area contributed by atoms with Gasteiger partial charge in [-0.25, -0.2) is 14.4 Å². The third-order valence-corrected chi connectivity index (χ3v) is 8.44. The number of hydrogen-bond acceptors (Lipinski definition) is 16. The van der Waals surface area contributed by atoms with Crippen molar-refractivity contribution in [2.45, 2.75) is 143 Å². The molecule has 0 saturated carbocycles. The minimum absolute atomic E-state index is 0. The van der Waals surface area contributed by atoms with Crippen LogP contribution in [-0.2, 0) is 57.4 Å². The van der Waals surface area contributed by atoms with Crippen molar-refractivity contribution in [3.05, 3.63) is 48.6 Å². The monoisotopic (exact) mass is 1060 g/mol. The van der Waals surface area contributed by atoms with Crippen LogP contribution < -0.4 is 16.8 Å². The molecule has 24 heteroatoms. The summed E-state index contributed by atoms with van der Waals surface area (Å²) in [5.41, 5.74) is 9.52. The number of carboxylic acid groups (broad SMARTS) is 2. The quantitative estimate of drug-likeness (QED) is 0.0286. The van der Waals surface area contributed by atoms with Gasteiger partial charge in [0.2, 0.25) is 0 Å². The van der Waals surface area contributed by atoms with E-state index in [1.807, 2.05) is 20.8 Å². The number of unbranched alkanes of at least 4 members (excludes halogenated alkanes) is 8.